The van der Waals surface area contributed by atoms with E-state index in [2.05, 4.69) is 22.5 Å². The molecule has 2 rings (SSSR count). The summed E-state index contributed by atoms with van der Waals surface area (Å²) >= 11 is 0. The van der Waals surface area contributed by atoms with Crippen molar-refractivity contribution >= 4 is 28.9 Å². The largest absolute Gasteiger partial charge is 0.487 e. The summed E-state index contributed by atoms with van der Waals surface area (Å²) in [5.41, 5.74) is 2.95. The average molecular weight is 381 g/mol. The second kappa shape index (κ2) is 10.8. The first-order valence-corrected chi connectivity index (χ1v) is 9.27. The normalized spacial score (nSPS) is 10.1. The van der Waals surface area contributed by atoms with Crippen LogP contribution in [0.5, 0.6) is 5.75 Å². The van der Waals surface area contributed by atoms with E-state index < -0.39 is 0 Å². The minimum Gasteiger partial charge on any atom is -0.487 e. The van der Waals surface area contributed by atoms with Crippen LogP contribution in [0.2, 0.25) is 0 Å². The Morgan fingerprint density at radius 3 is 2.50 bits per heavy atom. The molecule has 0 aliphatic heterocycles. The maximum absolute atomic E-state index is 12.3. The summed E-state index contributed by atoms with van der Waals surface area (Å²) in [4.78, 5) is 24.0. The van der Waals surface area contributed by atoms with Gasteiger partial charge in [0.2, 0.25) is 11.8 Å². The summed E-state index contributed by atoms with van der Waals surface area (Å²) in [6.45, 7) is 8.12. The van der Waals surface area contributed by atoms with Gasteiger partial charge in [-0.25, -0.2) is 0 Å². The van der Waals surface area contributed by atoms with Gasteiger partial charge in [-0.3, -0.25) is 9.59 Å². The van der Waals surface area contributed by atoms with Crippen molar-refractivity contribution in [1.29, 1.82) is 0 Å². The minimum absolute atomic E-state index is 0.0243. The summed E-state index contributed by atoms with van der Waals surface area (Å²) in [5, 5.41) is 8.74. The van der Waals surface area contributed by atoms with Gasteiger partial charge >= 0.3 is 0 Å². The molecule has 0 spiro atoms. The second-order valence-electron chi connectivity index (χ2n) is 6.52. The lowest BCUT2D eigenvalue weighted by atomic mass is 10.2. The molecule has 0 unspecified atom stereocenters. The molecule has 0 saturated heterocycles. The van der Waals surface area contributed by atoms with E-state index in [0.717, 1.165) is 17.7 Å². The highest BCUT2D eigenvalue weighted by atomic mass is 16.5. The first-order chi connectivity index (χ1) is 13.5. The Morgan fingerprint density at radius 2 is 1.75 bits per heavy atom. The Bertz CT molecular complexity index is 833. The van der Waals surface area contributed by atoms with Crippen LogP contribution in [0.15, 0.2) is 60.7 Å². The number of benzene rings is 2. The number of anilines is 3. The number of nitrogens with one attached hydrogen (secondary N) is 3. The maximum Gasteiger partial charge on any atom is 0.243 e. The Morgan fingerprint density at radius 1 is 1.00 bits per heavy atom. The summed E-state index contributed by atoms with van der Waals surface area (Å²) in [6, 6.07) is 14.5. The number of hydrogen-bond acceptors (Lipinski definition) is 4. The summed E-state index contributed by atoms with van der Waals surface area (Å²) in [6.07, 6.45) is 1.27. The van der Waals surface area contributed by atoms with Gasteiger partial charge in [0.1, 0.15) is 12.4 Å². The van der Waals surface area contributed by atoms with Crippen LogP contribution in [-0.2, 0) is 9.59 Å². The molecular formula is C22H27N3O3. The fourth-order valence-electron chi connectivity index (χ4n) is 2.43. The smallest absolute Gasteiger partial charge is 0.243 e. The monoisotopic (exact) mass is 381 g/mol. The minimum atomic E-state index is -0.202. The summed E-state index contributed by atoms with van der Waals surface area (Å²) in [5.74, 6) is 0.370. The Balaban J connectivity index is 1.91. The van der Waals surface area contributed by atoms with E-state index in [0.29, 0.717) is 30.2 Å². The van der Waals surface area contributed by atoms with Gasteiger partial charge in [-0.15, -0.1) is 0 Å². The number of amides is 2. The molecule has 2 amide bonds. The Hall–Kier alpha value is -3.28. The lowest BCUT2D eigenvalue weighted by Crippen LogP contribution is -2.22. The molecule has 0 aliphatic rings. The highest BCUT2D eigenvalue weighted by Gasteiger charge is 2.08. The summed E-state index contributed by atoms with van der Waals surface area (Å²) in [7, 11) is 0. The lowest BCUT2D eigenvalue weighted by molar-refractivity contribution is -0.116. The van der Waals surface area contributed by atoms with Gasteiger partial charge in [0.15, 0.2) is 0 Å². The van der Waals surface area contributed by atoms with Crippen LogP contribution >= 0.6 is 0 Å². The van der Waals surface area contributed by atoms with Gasteiger partial charge in [0.05, 0.1) is 12.2 Å². The van der Waals surface area contributed by atoms with Crippen molar-refractivity contribution in [2.75, 3.05) is 29.1 Å². The number of carbonyl (C=O) groups is 2. The van der Waals surface area contributed by atoms with Crippen LogP contribution in [0, 0.1) is 0 Å². The molecule has 28 heavy (non-hydrogen) atoms. The van der Waals surface area contributed by atoms with Crippen LogP contribution in [0.3, 0.4) is 0 Å². The molecule has 0 aliphatic carbocycles. The standard InChI is InChI=1S/C22H27N3O3/c1-4-8-21(26)24-18-10-7-9-17(13-18)23-14-22(27)25-19-11-5-6-12-20(19)28-15-16(2)3/h5-7,9-13,23H,2,4,8,14-15H2,1,3H3,(H,24,26)(H,25,27). The molecular weight excluding hydrogens is 354 g/mol. The van der Waals surface area contributed by atoms with E-state index in [9.17, 15) is 9.59 Å². The van der Waals surface area contributed by atoms with Gasteiger partial charge < -0.3 is 20.7 Å². The number of ether oxygens (including phenoxy) is 1. The van der Waals surface area contributed by atoms with E-state index >= 15 is 0 Å². The zero-order chi connectivity index (χ0) is 20.4. The predicted octanol–water partition coefficient (Wildman–Crippen LogP) is 4.43. The van der Waals surface area contributed by atoms with Crippen LogP contribution < -0.4 is 20.7 Å². The number of hydrogen-bond donors (Lipinski definition) is 3. The number of para-hydroxylation sites is 2. The van der Waals surface area contributed by atoms with Crippen molar-refractivity contribution < 1.29 is 14.3 Å². The summed E-state index contributed by atoms with van der Waals surface area (Å²) < 4.78 is 5.66. The molecule has 0 bridgehead atoms. The molecule has 6 nitrogen and oxygen atoms in total. The van der Waals surface area contributed by atoms with E-state index in [4.69, 9.17) is 4.74 Å². The zero-order valence-electron chi connectivity index (χ0n) is 16.4. The predicted molar refractivity (Wildman–Crippen MR) is 114 cm³/mol. The quantitative estimate of drug-likeness (QED) is 0.532. The van der Waals surface area contributed by atoms with Crippen molar-refractivity contribution in [1.82, 2.24) is 0 Å². The molecule has 0 saturated carbocycles. The third-order valence-corrected chi connectivity index (χ3v) is 3.71. The molecule has 2 aromatic carbocycles. The third-order valence-electron chi connectivity index (χ3n) is 3.71. The fraction of sp³-hybridized carbons (Fsp3) is 0.273. The molecule has 148 valence electrons. The lowest BCUT2D eigenvalue weighted by Gasteiger charge is -2.13. The highest BCUT2D eigenvalue weighted by molar-refractivity contribution is 5.95. The van der Waals surface area contributed by atoms with E-state index in [1.54, 1.807) is 18.2 Å². The molecule has 0 heterocycles. The first-order valence-electron chi connectivity index (χ1n) is 9.27. The number of rotatable bonds is 10. The Labute approximate surface area is 166 Å². The topological polar surface area (TPSA) is 79.5 Å². The van der Waals surface area contributed by atoms with Gasteiger partial charge in [-0.05, 0) is 49.2 Å². The van der Waals surface area contributed by atoms with Crippen molar-refractivity contribution in [3.05, 3.63) is 60.7 Å². The van der Waals surface area contributed by atoms with E-state index in [-0.39, 0.29) is 18.4 Å². The van der Waals surface area contributed by atoms with Crippen LogP contribution in [0.4, 0.5) is 17.1 Å². The van der Waals surface area contributed by atoms with Crippen molar-refractivity contribution in [3.63, 3.8) is 0 Å². The van der Waals surface area contributed by atoms with E-state index in [1.165, 1.54) is 0 Å². The van der Waals surface area contributed by atoms with Crippen molar-refractivity contribution in [2.24, 2.45) is 0 Å². The molecule has 0 fully saturated rings. The SMILES string of the molecule is C=C(C)COc1ccccc1NC(=O)CNc1cccc(NC(=O)CCC)c1. The molecule has 0 radical (unpaired) electrons. The zero-order valence-corrected chi connectivity index (χ0v) is 16.4. The Kier molecular flexibility index (Phi) is 8.09. The molecule has 0 aromatic heterocycles. The van der Waals surface area contributed by atoms with Crippen molar-refractivity contribution in [2.45, 2.75) is 26.7 Å². The van der Waals surface area contributed by atoms with Crippen LogP contribution in [0.1, 0.15) is 26.7 Å². The van der Waals surface area contributed by atoms with E-state index in [1.807, 2.05) is 44.2 Å². The third kappa shape index (κ3) is 7.15. The molecule has 6 heteroatoms. The van der Waals surface area contributed by atoms with Crippen LogP contribution in [0.25, 0.3) is 0 Å². The van der Waals surface area contributed by atoms with Crippen LogP contribution in [-0.4, -0.2) is 25.0 Å². The molecule has 2 aromatic rings. The molecule has 0 atom stereocenters. The van der Waals surface area contributed by atoms with Gasteiger partial charge in [-0.2, -0.15) is 0 Å². The average Bonchev–Trinajstić information content (AvgIpc) is 2.66. The number of carbonyl (C=O) groups excluding carboxylic acids is 2. The van der Waals surface area contributed by atoms with Gasteiger partial charge in [0.25, 0.3) is 0 Å². The maximum atomic E-state index is 12.3. The second-order valence-corrected chi connectivity index (χ2v) is 6.52. The van der Waals surface area contributed by atoms with Gasteiger partial charge in [-0.1, -0.05) is 31.7 Å². The highest BCUT2D eigenvalue weighted by Crippen LogP contribution is 2.24. The van der Waals surface area contributed by atoms with Crippen molar-refractivity contribution in [3.8, 4) is 5.75 Å². The first kappa shape index (κ1) is 21.0. The molecule has 3 N–H and O–H groups in total. The van der Waals surface area contributed by atoms with Gasteiger partial charge in [0, 0.05) is 17.8 Å². The fourth-order valence-corrected chi connectivity index (χ4v) is 2.43.